The average molecular weight is 571 g/mol. The van der Waals surface area contributed by atoms with Gasteiger partial charge >= 0.3 is 5.97 Å². The lowest BCUT2D eigenvalue weighted by Gasteiger charge is -2.38. The van der Waals surface area contributed by atoms with Gasteiger partial charge in [0.05, 0.1) is 17.2 Å². The average Bonchev–Trinajstić information content (AvgIpc) is 3.35. The Morgan fingerprint density at radius 2 is 1.90 bits per heavy atom. The Hall–Kier alpha value is -3.39. The van der Waals surface area contributed by atoms with E-state index in [-0.39, 0.29) is 42.9 Å². The van der Waals surface area contributed by atoms with Crippen LogP contribution in [0, 0.1) is 5.41 Å². The number of aromatic nitrogens is 1. The zero-order valence-electron chi connectivity index (χ0n) is 21.7. The maximum absolute atomic E-state index is 13.6. The predicted molar refractivity (Wildman–Crippen MR) is 147 cm³/mol. The van der Waals surface area contributed by atoms with Gasteiger partial charge in [0.2, 0.25) is 10.0 Å². The molecule has 1 aromatic heterocycles. The van der Waals surface area contributed by atoms with Crippen molar-refractivity contribution in [3.05, 3.63) is 57.5 Å². The van der Waals surface area contributed by atoms with E-state index in [2.05, 4.69) is 9.88 Å². The molecule has 3 N–H and O–H groups in total. The Morgan fingerprint density at radius 1 is 1.15 bits per heavy atom. The molecule has 0 saturated carbocycles. The Kier molecular flexibility index (Phi) is 7.42. The molecular weight excluding hydrogens is 540 g/mol. The van der Waals surface area contributed by atoms with Crippen LogP contribution in [-0.2, 0) is 32.5 Å². The number of nitrogen functional groups attached to an aromatic ring is 1. The van der Waals surface area contributed by atoms with Crippen molar-refractivity contribution in [3.8, 4) is 0 Å². The van der Waals surface area contributed by atoms with Crippen molar-refractivity contribution >= 4 is 49.8 Å². The maximum Gasteiger partial charge on any atom is 0.330 e. The number of ether oxygens (including phenoxy) is 1. The molecule has 1 fully saturated rings. The van der Waals surface area contributed by atoms with Gasteiger partial charge in [-0.15, -0.1) is 11.3 Å². The van der Waals surface area contributed by atoms with Crippen LogP contribution >= 0.6 is 11.3 Å². The minimum atomic E-state index is -3.98. The first kappa shape index (κ1) is 27.2. The van der Waals surface area contributed by atoms with E-state index in [1.807, 2.05) is 7.05 Å². The first-order valence-electron chi connectivity index (χ1n) is 12.6. The summed E-state index contributed by atoms with van der Waals surface area (Å²) in [5.41, 5.74) is 7.02. The standard InChI is InChI=1S/C26H30N6O5S2/c1-3-37-26(34)21-14-31(10-11-32(21)25(33)24-29-20-8-9-30(2)15-22(20)38-24)39(35,36)19-7-6-16-12-18(23(27)28)5-4-17(16)13-19/h4-7,12-13,21H,3,8-11,14-15H2,1-2H3,(H3,27,28). The van der Waals surface area contributed by atoms with Crippen molar-refractivity contribution < 1.29 is 22.7 Å². The molecule has 0 radical (unpaired) electrons. The largest absolute Gasteiger partial charge is 0.464 e. The summed E-state index contributed by atoms with van der Waals surface area (Å²) in [7, 11) is -1.97. The van der Waals surface area contributed by atoms with E-state index in [0.29, 0.717) is 16.0 Å². The second-order valence-corrected chi connectivity index (χ2v) is 12.7. The molecular formula is C26H30N6O5S2. The number of nitrogens with one attached hydrogen (secondary N) is 1. The van der Waals surface area contributed by atoms with Crippen LogP contribution in [0.1, 0.15) is 32.9 Å². The van der Waals surface area contributed by atoms with Gasteiger partial charge < -0.3 is 20.3 Å². The molecule has 1 atom stereocenters. The quantitative estimate of drug-likeness (QED) is 0.258. The second kappa shape index (κ2) is 10.6. The van der Waals surface area contributed by atoms with E-state index >= 15 is 0 Å². The SMILES string of the molecule is CCOC(=O)C1CN(S(=O)(=O)c2ccc3cc(C(=N)N)ccc3c2)CCN1C(=O)c1nc2c(s1)CN(C)CC2. The molecule has 0 spiro atoms. The number of amides is 1. The van der Waals surface area contributed by atoms with Gasteiger partial charge in [-0.2, -0.15) is 4.31 Å². The number of hydrogen-bond acceptors (Lipinski definition) is 9. The van der Waals surface area contributed by atoms with Crippen LogP contribution in [0.25, 0.3) is 10.8 Å². The fourth-order valence-corrected chi connectivity index (χ4v) is 7.52. The topological polar surface area (TPSA) is 150 Å². The van der Waals surface area contributed by atoms with Gasteiger partial charge in [-0.05, 0) is 42.9 Å². The Balaban J connectivity index is 1.41. The third-order valence-corrected chi connectivity index (χ3v) is 9.96. The highest BCUT2D eigenvalue weighted by Gasteiger charge is 2.42. The number of amidine groups is 1. The lowest BCUT2D eigenvalue weighted by molar-refractivity contribution is -0.149. The molecule has 5 rings (SSSR count). The van der Waals surface area contributed by atoms with Crippen molar-refractivity contribution in [2.24, 2.45) is 5.73 Å². The molecule has 39 heavy (non-hydrogen) atoms. The van der Waals surface area contributed by atoms with Crippen LogP contribution in [0.4, 0.5) is 0 Å². The molecule has 1 amide bonds. The first-order valence-corrected chi connectivity index (χ1v) is 14.9. The second-order valence-electron chi connectivity index (χ2n) is 9.64. The van der Waals surface area contributed by atoms with Gasteiger partial charge in [0.1, 0.15) is 11.9 Å². The van der Waals surface area contributed by atoms with Crippen LogP contribution in [-0.4, -0.2) is 91.1 Å². The number of likely N-dealkylation sites (N-methyl/N-ethyl adjacent to an activating group) is 1. The molecule has 1 saturated heterocycles. The summed E-state index contributed by atoms with van der Waals surface area (Å²) in [4.78, 5) is 35.7. The molecule has 2 aliphatic heterocycles. The lowest BCUT2D eigenvalue weighted by Crippen LogP contribution is -2.59. The highest BCUT2D eigenvalue weighted by atomic mass is 32.2. The van der Waals surface area contributed by atoms with E-state index in [1.54, 1.807) is 37.3 Å². The fourth-order valence-electron chi connectivity index (χ4n) is 4.90. The Bertz CT molecular complexity index is 1570. The van der Waals surface area contributed by atoms with Gasteiger partial charge in [-0.3, -0.25) is 10.2 Å². The van der Waals surface area contributed by atoms with Gasteiger partial charge in [0.25, 0.3) is 5.91 Å². The summed E-state index contributed by atoms with van der Waals surface area (Å²) in [6, 6.07) is 8.73. The third-order valence-electron chi connectivity index (χ3n) is 7.03. The van der Waals surface area contributed by atoms with Crippen molar-refractivity contribution in [1.82, 2.24) is 19.1 Å². The lowest BCUT2D eigenvalue weighted by atomic mass is 10.1. The molecule has 3 heterocycles. The first-order chi connectivity index (χ1) is 18.6. The number of hydrogen-bond donors (Lipinski definition) is 2. The van der Waals surface area contributed by atoms with Crippen LogP contribution in [0.2, 0.25) is 0 Å². The number of benzene rings is 2. The van der Waals surface area contributed by atoms with Crippen LogP contribution in [0.3, 0.4) is 0 Å². The molecule has 13 heteroatoms. The van der Waals surface area contributed by atoms with Gasteiger partial charge in [0.15, 0.2) is 5.01 Å². The van der Waals surface area contributed by atoms with E-state index in [9.17, 15) is 18.0 Å². The number of nitrogens with two attached hydrogens (primary N) is 1. The van der Waals surface area contributed by atoms with Crippen LogP contribution in [0.15, 0.2) is 41.3 Å². The number of piperazine rings is 1. The summed E-state index contributed by atoms with van der Waals surface area (Å²) in [5, 5.41) is 9.35. The fraction of sp³-hybridized carbons (Fsp3) is 0.385. The molecule has 0 aliphatic carbocycles. The number of thiazole rings is 1. The Labute approximate surface area is 230 Å². The summed E-state index contributed by atoms with van der Waals surface area (Å²) < 4.78 is 33.8. The zero-order valence-corrected chi connectivity index (χ0v) is 23.3. The number of rotatable bonds is 6. The number of sulfonamides is 1. The normalized spacial score (nSPS) is 18.6. The molecule has 0 bridgehead atoms. The molecule has 11 nitrogen and oxygen atoms in total. The van der Waals surface area contributed by atoms with Crippen molar-refractivity contribution in [2.75, 3.05) is 39.8 Å². The number of nitrogens with zero attached hydrogens (tertiary/aromatic N) is 4. The Morgan fingerprint density at radius 3 is 2.64 bits per heavy atom. The number of carbonyl (C=O) groups is 2. The smallest absolute Gasteiger partial charge is 0.330 e. The molecule has 206 valence electrons. The number of fused-ring (bicyclic) bond motifs is 2. The van der Waals surface area contributed by atoms with E-state index in [4.69, 9.17) is 15.9 Å². The summed E-state index contributed by atoms with van der Waals surface area (Å²) >= 11 is 1.33. The summed E-state index contributed by atoms with van der Waals surface area (Å²) in [5.74, 6) is -1.11. The van der Waals surface area contributed by atoms with E-state index in [1.165, 1.54) is 26.6 Å². The molecule has 1 unspecified atom stereocenters. The third kappa shape index (κ3) is 5.26. The maximum atomic E-state index is 13.6. The highest BCUT2D eigenvalue weighted by Crippen LogP contribution is 2.29. The van der Waals surface area contributed by atoms with E-state index in [0.717, 1.165) is 35.5 Å². The van der Waals surface area contributed by atoms with Crippen molar-refractivity contribution in [1.29, 1.82) is 5.41 Å². The minimum absolute atomic E-state index is 0.0269. The van der Waals surface area contributed by atoms with Gasteiger partial charge in [0, 0.05) is 49.6 Å². The molecule has 2 aromatic carbocycles. The van der Waals surface area contributed by atoms with Crippen LogP contribution in [0.5, 0.6) is 0 Å². The summed E-state index contributed by atoms with van der Waals surface area (Å²) in [6.45, 7) is 3.19. The van der Waals surface area contributed by atoms with Crippen molar-refractivity contribution in [2.45, 2.75) is 30.8 Å². The van der Waals surface area contributed by atoms with E-state index < -0.39 is 22.0 Å². The van der Waals surface area contributed by atoms with Crippen LogP contribution < -0.4 is 5.73 Å². The number of carbonyl (C=O) groups excluding carboxylic acids is 2. The number of esters is 1. The molecule has 3 aromatic rings. The predicted octanol–water partition coefficient (Wildman–Crippen LogP) is 1.65. The summed E-state index contributed by atoms with van der Waals surface area (Å²) in [6.07, 6.45) is 0.755. The van der Waals surface area contributed by atoms with Gasteiger partial charge in [-0.25, -0.2) is 18.2 Å². The monoisotopic (exact) mass is 570 g/mol. The molecule has 2 aliphatic rings. The van der Waals surface area contributed by atoms with Crippen molar-refractivity contribution in [3.63, 3.8) is 0 Å². The minimum Gasteiger partial charge on any atom is -0.464 e. The van der Waals surface area contributed by atoms with Gasteiger partial charge in [-0.1, -0.05) is 18.2 Å². The highest BCUT2D eigenvalue weighted by molar-refractivity contribution is 7.89. The zero-order chi connectivity index (χ0) is 27.9.